The number of hydroxylamine groups is 2. The molecular formula is C18H19NO. The van der Waals surface area contributed by atoms with Gasteiger partial charge in [0, 0.05) is 17.0 Å². The van der Waals surface area contributed by atoms with Gasteiger partial charge >= 0.3 is 0 Å². The highest BCUT2D eigenvalue weighted by molar-refractivity contribution is 5.37. The van der Waals surface area contributed by atoms with E-state index in [1.54, 1.807) is 0 Å². The molecule has 102 valence electrons. The van der Waals surface area contributed by atoms with E-state index in [0.717, 1.165) is 6.42 Å². The molecule has 2 aromatic carbocycles. The van der Waals surface area contributed by atoms with Crippen LogP contribution in [0.4, 0.5) is 0 Å². The standard InChI is InChI=1S/C18H19NO/c1-17(2)13-16(14-9-5-3-6-10-14)18(19(17)20-18)15-11-7-4-8-12-15/h3-12,16H,13H2,1-2H3/t16-,18-,19?/m0/s1. The zero-order valence-corrected chi connectivity index (χ0v) is 11.9. The van der Waals surface area contributed by atoms with Gasteiger partial charge in [0.05, 0.1) is 0 Å². The van der Waals surface area contributed by atoms with Crippen LogP contribution in [0.15, 0.2) is 60.7 Å². The van der Waals surface area contributed by atoms with Gasteiger partial charge in [-0.3, -0.25) is 4.84 Å². The fraction of sp³-hybridized carbons (Fsp3) is 0.333. The summed E-state index contributed by atoms with van der Waals surface area (Å²) in [5.41, 5.74) is 2.45. The minimum Gasteiger partial charge on any atom is -0.265 e. The van der Waals surface area contributed by atoms with Gasteiger partial charge < -0.3 is 0 Å². The molecule has 2 saturated heterocycles. The molecule has 2 aliphatic rings. The van der Waals surface area contributed by atoms with Crippen molar-refractivity contribution in [3.8, 4) is 0 Å². The molecule has 0 radical (unpaired) electrons. The summed E-state index contributed by atoms with van der Waals surface area (Å²) < 4.78 is 0. The third kappa shape index (κ3) is 1.52. The minimum atomic E-state index is -0.258. The maximum atomic E-state index is 6.14. The molecule has 4 rings (SSSR count). The van der Waals surface area contributed by atoms with E-state index in [2.05, 4.69) is 79.6 Å². The molecule has 2 nitrogen and oxygen atoms in total. The van der Waals surface area contributed by atoms with E-state index in [-0.39, 0.29) is 11.3 Å². The third-order valence-electron chi connectivity index (χ3n) is 4.61. The molecule has 0 N–H and O–H groups in total. The maximum absolute atomic E-state index is 6.14. The first-order chi connectivity index (χ1) is 9.64. The van der Waals surface area contributed by atoms with E-state index in [1.165, 1.54) is 11.1 Å². The number of rotatable bonds is 2. The molecule has 2 fully saturated rings. The lowest BCUT2D eigenvalue weighted by molar-refractivity contribution is 0.0680. The molecule has 0 spiro atoms. The molecule has 2 aliphatic heterocycles. The number of fused-ring (bicyclic) bond motifs is 1. The van der Waals surface area contributed by atoms with Crippen molar-refractivity contribution in [1.29, 1.82) is 0 Å². The second-order valence-electron chi connectivity index (χ2n) is 6.43. The average molecular weight is 265 g/mol. The summed E-state index contributed by atoms with van der Waals surface area (Å²) in [6.07, 6.45) is 1.12. The van der Waals surface area contributed by atoms with Crippen LogP contribution in [0, 0.1) is 0 Å². The summed E-state index contributed by atoms with van der Waals surface area (Å²) >= 11 is 0. The quantitative estimate of drug-likeness (QED) is 0.761. The van der Waals surface area contributed by atoms with Crippen LogP contribution in [0.2, 0.25) is 0 Å². The smallest absolute Gasteiger partial charge is 0.197 e. The monoisotopic (exact) mass is 265 g/mol. The molecule has 0 saturated carbocycles. The highest BCUT2D eigenvalue weighted by atomic mass is 16.9. The van der Waals surface area contributed by atoms with Gasteiger partial charge in [0.2, 0.25) is 0 Å². The molecule has 2 heteroatoms. The summed E-state index contributed by atoms with van der Waals surface area (Å²) in [7, 11) is 0. The van der Waals surface area contributed by atoms with Gasteiger partial charge in [-0.05, 0) is 25.8 Å². The summed E-state index contributed by atoms with van der Waals surface area (Å²) in [6, 6.07) is 21.4. The van der Waals surface area contributed by atoms with Crippen molar-refractivity contribution >= 4 is 0 Å². The van der Waals surface area contributed by atoms with Crippen molar-refractivity contribution in [2.24, 2.45) is 0 Å². The van der Waals surface area contributed by atoms with Crippen molar-refractivity contribution in [2.45, 2.75) is 37.5 Å². The number of hydrogen-bond acceptors (Lipinski definition) is 2. The zero-order chi connectivity index (χ0) is 13.8. The van der Waals surface area contributed by atoms with Crippen LogP contribution in [0.1, 0.15) is 37.3 Å². The minimum absolute atomic E-state index is 0.0797. The summed E-state index contributed by atoms with van der Waals surface area (Å²) in [5, 5.41) is 2.19. The van der Waals surface area contributed by atoms with Crippen LogP contribution in [0.5, 0.6) is 0 Å². The molecule has 1 unspecified atom stereocenters. The Morgan fingerprint density at radius 1 is 0.950 bits per heavy atom. The Labute approximate surface area is 119 Å². The van der Waals surface area contributed by atoms with Gasteiger partial charge in [-0.2, -0.15) is 0 Å². The molecule has 20 heavy (non-hydrogen) atoms. The lowest BCUT2D eigenvalue weighted by Gasteiger charge is -2.22. The largest absolute Gasteiger partial charge is 0.265 e. The zero-order valence-electron chi connectivity index (χ0n) is 11.9. The Balaban J connectivity index is 1.83. The van der Waals surface area contributed by atoms with E-state index in [9.17, 15) is 0 Å². The van der Waals surface area contributed by atoms with Crippen LogP contribution in [0.25, 0.3) is 0 Å². The van der Waals surface area contributed by atoms with Gasteiger partial charge in [-0.25, -0.2) is 0 Å². The highest BCUT2D eigenvalue weighted by Gasteiger charge is 2.72. The Morgan fingerprint density at radius 2 is 1.55 bits per heavy atom. The highest BCUT2D eigenvalue weighted by Crippen LogP contribution is 2.66. The first kappa shape index (κ1) is 12.1. The number of hydrogen-bond donors (Lipinski definition) is 0. The van der Waals surface area contributed by atoms with Crippen molar-refractivity contribution < 1.29 is 4.84 Å². The lowest BCUT2D eigenvalue weighted by Crippen LogP contribution is -2.26. The molecule has 0 aliphatic carbocycles. The third-order valence-corrected chi connectivity index (χ3v) is 4.61. The number of nitrogens with zero attached hydrogens (tertiary/aromatic N) is 1. The Morgan fingerprint density at radius 3 is 2.15 bits per heavy atom. The molecule has 0 bridgehead atoms. The van der Waals surface area contributed by atoms with E-state index >= 15 is 0 Å². The van der Waals surface area contributed by atoms with Crippen LogP contribution < -0.4 is 0 Å². The normalized spacial score (nSPS) is 33.7. The van der Waals surface area contributed by atoms with Crippen molar-refractivity contribution in [2.75, 3.05) is 0 Å². The number of benzene rings is 2. The average Bonchev–Trinajstić information content (AvgIpc) is 3.20. The first-order valence-corrected chi connectivity index (χ1v) is 7.24. The molecule has 0 amide bonds. The van der Waals surface area contributed by atoms with Gasteiger partial charge in [0.1, 0.15) is 0 Å². The molecular weight excluding hydrogens is 246 g/mol. The van der Waals surface area contributed by atoms with E-state index in [1.807, 2.05) is 0 Å². The predicted octanol–water partition coefficient (Wildman–Crippen LogP) is 4.05. The first-order valence-electron chi connectivity index (χ1n) is 7.24. The SMILES string of the molecule is CC1(C)C[C@@H](c2ccccc2)[C@]2(c3ccccc3)ON12. The molecule has 3 atom stereocenters. The van der Waals surface area contributed by atoms with Gasteiger partial charge in [0.25, 0.3) is 0 Å². The van der Waals surface area contributed by atoms with E-state index < -0.39 is 0 Å². The van der Waals surface area contributed by atoms with Crippen LogP contribution in [-0.4, -0.2) is 10.6 Å². The van der Waals surface area contributed by atoms with Crippen molar-refractivity contribution in [3.05, 3.63) is 71.8 Å². The fourth-order valence-electron chi connectivity index (χ4n) is 3.70. The van der Waals surface area contributed by atoms with Gasteiger partial charge in [-0.15, -0.1) is 5.06 Å². The second-order valence-corrected chi connectivity index (χ2v) is 6.43. The van der Waals surface area contributed by atoms with Gasteiger partial charge in [0.15, 0.2) is 5.72 Å². The van der Waals surface area contributed by atoms with Crippen LogP contribution >= 0.6 is 0 Å². The van der Waals surface area contributed by atoms with Crippen LogP contribution in [0.3, 0.4) is 0 Å². The van der Waals surface area contributed by atoms with Gasteiger partial charge in [-0.1, -0.05) is 60.7 Å². The molecule has 2 heterocycles. The Kier molecular flexibility index (Phi) is 2.39. The van der Waals surface area contributed by atoms with Crippen LogP contribution in [-0.2, 0) is 10.6 Å². The predicted molar refractivity (Wildman–Crippen MR) is 78.9 cm³/mol. The van der Waals surface area contributed by atoms with E-state index in [4.69, 9.17) is 4.84 Å². The van der Waals surface area contributed by atoms with E-state index in [0.29, 0.717) is 5.92 Å². The topological polar surface area (TPSA) is 15.5 Å². The fourth-order valence-corrected chi connectivity index (χ4v) is 3.70. The maximum Gasteiger partial charge on any atom is 0.197 e. The summed E-state index contributed by atoms with van der Waals surface area (Å²) in [5.74, 6) is 0.390. The van der Waals surface area contributed by atoms with Crippen molar-refractivity contribution in [1.82, 2.24) is 5.06 Å². The Hall–Kier alpha value is -1.64. The lowest BCUT2D eigenvalue weighted by atomic mass is 9.83. The molecule has 2 aromatic rings. The summed E-state index contributed by atoms with van der Waals surface area (Å²) in [6.45, 7) is 4.53. The second kappa shape index (κ2) is 3.94. The Bertz CT molecular complexity index is 622. The van der Waals surface area contributed by atoms with Crippen molar-refractivity contribution in [3.63, 3.8) is 0 Å². The summed E-state index contributed by atoms with van der Waals surface area (Å²) in [4.78, 5) is 6.14. The molecule has 0 aromatic heterocycles.